The Morgan fingerprint density at radius 2 is 1.97 bits per heavy atom. The number of ether oxygens (including phenoxy) is 3. The summed E-state index contributed by atoms with van der Waals surface area (Å²) in [6, 6.07) is 13.3. The van der Waals surface area contributed by atoms with Crippen molar-refractivity contribution in [3.05, 3.63) is 53.6 Å². The highest BCUT2D eigenvalue weighted by Gasteiger charge is 2.39. The SMILES string of the molecule is COc1cccc(C2CN(C(C)=O)CC2C(=O)NCc2ccc3c(c2)OCO3)c1. The molecule has 2 aromatic carbocycles. The van der Waals surface area contributed by atoms with Crippen LogP contribution < -0.4 is 19.5 Å². The minimum atomic E-state index is -0.319. The van der Waals surface area contributed by atoms with E-state index in [1.54, 1.807) is 12.0 Å². The van der Waals surface area contributed by atoms with E-state index in [1.807, 2.05) is 42.5 Å². The third-order valence-corrected chi connectivity index (χ3v) is 5.53. The molecule has 0 aromatic heterocycles. The van der Waals surface area contributed by atoms with Crippen molar-refractivity contribution in [2.45, 2.75) is 19.4 Å². The molecular formula is C22H24N2O5. The van der Waals surface area contributed by atoms with E-state index in [0.717, 1.165) is 16.9 Å². The molecule has 7 nitrogen and oxygen atoms in total. The Hall–Kier alpha value is -3.22. The predicted octanol–water partition coefficient (Wildman–Crippen LogP) is 2.30. The summed E-state index contributed by atoms with van der Waals surface area (Å²) in [7, 11) is 1.62. The summed E-state index contributed by atoms with van der Waals surface area (Å²) in [5, 5.41) is 3.02. The zero-order chi connectivity index (χ0) is 20.4. The van der Waals surface area contributed by atoms with Crippen LogP contribution in [0.1, 0.15) is 24.0 Å². The third kappa shape index (κ3) is 3.99. The maximum absolute atomic E-state index is 13.0. The van der Waals surface area contributed by atoms with Crippen molar-refractivity contribution in [2.24, 2.45) is 5.92 Å². The Morgan fingerprint density at radius 3 is 2.76 bits per heavy atom. The number of fused-ring (bicyclic) bond motifs is 1. The quantitative estimate of drug-likeness (QED) is 0.839. The van der Waals surface area contributed by atoms with E-state index in [1.165, 1.54) is 6.92 Å². The first kappa shape index (κ1) is 19.1. The molecule has 7 heteroatoms. The summed E-state index contributed by atoms with van der Waals surface area (Å²) >= 11 is 0. The van der Waals surface area contributed by atoms with E-state index in [-0.39, 0.29) is 30.4 Å². The molecular weight excluding hydrogens is 372 g/mol. The largest absolute Gasteiger partial charge is 0.497 e. The monoisotopic (exact) mass is 396 g/mol. The van der Waals surface area contributed by atoms with Gasteiger partial charge in [-0.05, 0) is 35.4 Å². The molecule has 29 heavy (non-hydrogen) atoms. The molecule has 2 aromatic rings. The highest BCUT2D eigenvalue weighted by molar-refractivity contribution is 5.82. The first-order chi connectivity index (χ1) is 14.0. The zero-order valence-electron chi connectivity index (χ0n) is 16.5. The third-order valence-electron chi connectivity index (χ3n) is 5.53. The van der Waals surface area contributed by atoms with Crippen LogP contribution in [-0.2, 0) is 16.1 Å². The molecule has 0 spiro atoms. The second-order valence-corrected chi connectivity index (χ2v) is 7.32. The van der Waals surface area contributed by atoms with Gasteiger partial charge in [0.05, 0.1) is 13.0 Å². The Kier molecular flexibility index (Phi) is 5.29. The zero-order valence-corrected chi connectivity index (χ0v) is 16.5. The van der Waals surface area contributed by atoms with Gasteiger partial charge in [0.15, 0.2) is 11.5 Å². The fourth-order valence-electron chi connectivity index (χ4n) is 3.91. The van der Waals surface area contributed by atoms with Crippen molar-refractivity contribution >= 4 is 11.8 Å². The molecule has 152 valence electrons. The number of carbonyl (C=O) groups is 2. The molecule has 1 fully saturated rings. The number of carbonyl (C=O) groups excluding carboxylic acids is 2. The van der Waals surface area contributed by atoms with Crippen molar-refractivity contribution in [3.63, 3.8) is 0 Å². The van der Waals surface area contributed by atoms with E-state index < -0.39 is 0 Å². The van der Waals surface area contributed by atoms with Crippen LogP contribution >= 0.6 is 0 Å². The van der Waals surface area contributed by atoms with E-state index >= 15 is 0 Å². The Balaban J connectivity index is 1.49. The van der Waals surface area contributed by atoms with Crippen molar-refractivity contribution in [1.29, 1.82) is 0 Å². The van der Waals surface area contributed by atoms with Crippen LogP contribution in [0.15, 0.2) is 42.5 Å². The number of hydrogen-bond donors (Lipinski definition) is 1. The molecule has 2 amide bonds. The van der Waals surface area contributed by atoms with Crippen molar-refractivity contribution in [3.8, 4) is 17.2 Å². The van der Waals surface area contributed by atoms with Crippen LogP contribution in [0.25, 0.3) is 0 Å². The number of nitrogens with one attached hydrogen (secondary N) is 1. The van der Waals surface area contributed by atoms with E-state index in [9.17, 15) is 9.59 Å². The van der Waals surface area contributed by atoms with Gasteiger partial charge in [-0.1, -0.05) is 18.2 Å². The normalized spacial score (nSPS) is 19.9. The molecule has 1 N–H and O–H groups in total. The standard InChI is InChI=1S/C22H24N2O5/c1-14(25)24-11-18(16-4-3-5-17(9-16)27-2)19(12-24)22(26)23-10-15-6-7-20-21(8-15)29-13-28-20/h3-9,18-19H,10-13H2,1-2H3,(H,23,26). The Bertz CT molecular complexity index is 929. The molecule has 4 rings (SSSR count). The number of methoxy groups -OCH3 is 1. The molecule has 2 atom stereocenters. The number of rotatable bonds is 5. The van der Waals surface area contributed by atoms with Crippen LogP contribution in [0.2, 0.25) is 0 Å². The minimum Gasteiger partial charge on any atom is -0.497 e. The van der Waals surface area contributed by atoms with Crippen molar-refractivity contribution in [2.75, 3.05) is 27.0 Å². The van der Waals surface area contributed by atoms with Crippen molar-refractivity contribution in [1.82, 2.24) is 10.2 Å². The van der Waals surface area contributed by atoms with E-state index in [2.05, 4.69) is 5.32 Å². The van der Waals surface area contributed by atoms with Gasteiger partial charge in [0.25, 0.3) is 0 Å². The second-order valence-electron chi connectivity index (χ2n) is 7.32. The highest BCUT2D eigenvalue weighted by Crippen LogP contribution is 2.35. The lowest BCUT2D eigenvalue weighted by atomic mass is 9.88. The van der Waals surface area contributed by atoms with Gasteiger partial charge in [0, 0.05) is 32.5 Å². The number of hydrogen-bond acceptors (Lipinski definition) is 5. The Labute approximate surface area is 169 Å². The van der Waals surface area contributed by atoms with Gasteiger partial charge in [0.2, 0.25) is 18.6 Å². The summed E-state index contributed by atoms with van der Waals surface area (Å²) in [6.45, 7) is 3.07. The molecule has 2 aliphatic heterocycles. The topological polar surface area (TPSA) is 77.1 Å². The number of benzene rings is 2. The van der Waals surface area contributed by atoms with Crippen LogP contribution in [0.4, 0.5) is 0 Å². The predicted molar refractivity (Wildman–Crippen MR) is 106 cm³/mol. The van der Waals surface area contributed by atoms with Gasteiger partial charge in [0.1, 0.15) is 5.75 Å². The molecule has 2 heterocycles. The van der Waals surface area contributed by atoms with Gasteiger partial charge >= 0.3 is 0 Å². The molecule has 1 saturated heterocycles. The summed E-state index contributed by atoms with van der Waals surface area (Å²) in [5.74, 6) is 1.65. The maximum Gasteiger partial charge on any atom is 0.231 e. The number of likely N-dealkylation sites (tertiary alicyclic amines) is 1. The number of nitrogens with zero attached hydrogens (tertiary/aromatic N) is 1. The van der Waals surface area contributed by atoms with Gasteiger partial charge in [-0.15, -0.1) is 0 Å². The van der Waals surface area contributed by atoms with Gasteiger partial charge < -0.3 is 24.4 Å². The lowest BCUT2D eigenvalue weighted by Crippen LogP contribution is -2.34. The first-order valence-corrected chi connectivity index (χ1v) is 9.61. The lowest BCUT2D eigenvalue weighted by Gasteiger charge is -2.19. The van der Waals surface area contributed by atoms with Crippen molar-refractivity contribution < 1.29 is 23.8 Å². The fraction of sp³-hybridized carbons (Fsp3) is 0.364. The maximum atomic E-state index is 13.0. The van der Waals surface area contributed by atoms with E-state index in [0.29, 0.717) is 31.1 Å². The van der Waals surface area contributed by atoms with Crippen LogP contribution in [0, 0.1) is 5.92 Å². The van der Waals surface area contributed by atoms with Crippen LogP contribution in [0.5, 0.6) is 17.2 Å². The van der Waals surface area contributed by atoms with Crippen LogP contribution in [0.3, 0.4) is 0 Å². The molecule has 0 radical (unpaired) electrons. The average molecular weight is 396 g/mol. The summed E-state index contributed by atoms with van der Waals surface area (Å²) in [5.41, 5.74) is 1.93. The highest BCUT2D eigenvalue weighted by atomic mass is 16.7. The molecule has 2 unspecified atom stereocenters. The molecule has 0 saturated carbocycles. The second kappa shape index (κ2) is 8.03. The lowest BCUT2D eigenvalue weighted by molar-refractivity contribution is -0.128. The molecule has 0 aliphatic carbocycles. The fourth-order valence-corrected chi connectivity index (χ4v) is 3.91. The average Bonchev–Trinajstić information content (AvgIpc) is 3.39. The minimum absolute atomic E-state index is 0.0241. The smallest absolute Gasteiger partial charge is 0.231 e. The van der Waals surface area contributed by atoms with Gasteiger partial charge in [-0.3, -0.25) is 9.59 Å². The van der Waals surface area contributed by atoms with Gasteiger partial charge in [-0.2, -0.15) is 0 Å². The summed E-state index contributed by atoms with van der Waals surface area (Å²) < 4.78 is 16.0. The first-order valence-electron chi connectivity index (χ1n) is 9.61. The summed E-state index contributed by atoms with van der Waals surface area (Å²) in [6.07, 6.45) is 0. The van der Waals surface area contributed by atoms with Gasteiger partial charge in [-0.25, -0.2) is 0 Å². The molecule has 2 aliphatic rings. The van der Waals surface area contributed by atoms with E-state index in [4.69, 9.17) is 14.2 Å². The number of amides is 2. The Morgan fingerprint density at radius 1 is 1.14 bits per heavy atom. The van der Waals surface area contributed by atoms with Crippen LogP contribution in [-0.4, -0.2) is 43.7 Å². The molecule has 0 bridgehead atoms. The summed E-state index contributed by atoms with van der Waals surface area (Å²) in [4.78, 5) is 26.7.